The summed E-state index contributed by atoms with van der Waals surface area (Å²) < 4.78 is 1.02. The summed E-state index contributed by atoms with van der Waals surface area (Å²) >= 11 is 4.93. The topological polar surface area (TPSA) is 57.6 Å². The van der Waals surface area contributed by atoms with Gasteiger partial charge in [-0.1, -0.05) is 15.9 Å². The molecule has 1 N–H and O–H groups in total. The number of nitrogens with zero attached hydrogens (tertiary/aromatic N) is 1. The second-order valence-corrected chi connectivity index (χ2v) is 7.15. The molecule has 1 fully saturated rings. The molecule has 1 amide bonds. The molecule has 6 heteroatoms. The Hall–Kier alpha value is -1.01. The monoisotopic (exact) mass is 371 g/mol. The van der Waals surface area contributed by atoms with Crippen molar-refractivity contribution in [1.29, 1.82) is 0 Å². The van der Waals surface area contributed by atoms with Gasteiger partial charge in [-0.05, 0) is 43.5 Å². The SMILES string of the molecule is Cc1cc(Br)ccc1SCC(=O)N1CCC[C@H](C(=O)O)C1. The largest absolute Gasteiger partial charge is 0.481 e. The summed E-state index contributed by atoms with van der Waals surface area (Å²) in [5, 5.41) is 9.06. The molecule has 1 aliphatic rings. The van der Waals surface area contributed by atoms with Crippen molar-refractivity contribution in [3.63, 3.8) is 0 Å². The van der Waals surface area contributed by atoms with Crippen LogP contribution in [-0.2, 0) is 9.59 Å². The molecule has 4 nitrogen and oxygen atoms in total. The summed E-state index contributed by atoms with van der Waals surface area (Å²) in [6.45, 7) is 3.02. The second-order valence-electron chi connectivity index (χ2n) is 5.22. The van der Waals surface area contributed by atoms with Gasteiger partial charge in [0.25, 0.3) is 0 Å². The number of carboxylic acid groups (broad SMARTS) is 1. The molecule has 0 saturated carbocycles. The minimum Gasteiger partial charge on any atom is -0.481 e. The van der Waals surface area contributed by atoms with Gasteiger partial charge in [-0.25, -0.2) is 0 Å². The molecule has 1 heterocycles. The van der Waals surface area contributed by atoms with Crippen molar-refractivity contribution in [3.8, 4) is 0 Å². The fourth-order valence-corrected chi connectivity index (χ4v) is 3.80. The van der Waals surface area contributed by atoms with Gasteiger partial charge in [-0.15, -0.1) is 11.8 Å². The first-order chi connectivity index (χ1) is 9.97. The molecular weight excluding hydrogens is 354 g/mol. The third-order valence-electron chi connectivity index (χ3n) is 3.61. The average molecular weight is 372 g/mol. The molecule has 0 unspecified atom stereocenters. The number of aliphatic carboxylic acids is 1. The van der Waals surface area contributed by atoms with Crippen LogP contribution in [0.4, 0.5) is 0 Å². The van der Waals surface area contributed by atoms with Gasteiger partial charge in [-0.3, -0.25) is 9.59 Å². The lowest BCUT2D eigenvalue weighted by Crippen LogP contribution is -2.43. The zero-order valence-electron chi connectivity index (χ0n) is 11.8. The number of piperidine rings is 1. The fourth-order valence-electron chi connectivity index (χ4n) is 2.41. The van der Waals surface area contributed by atoms with Crippen LogP contribution in [0.25, 0.3) is 0 Å². The van der Waals surface area contributed by atoms with Crippen LogP contribution in [0.1, 0.15) is 18.4 Å². The van der Waals surface area contributed by atoms with Crippen LogP contribution < -0.4 is 0 Å². The summed E-state index contributed by atoms with van der Waals surface area (Å²) in [7, 11) is 0. The van der Waals surface area contributed by atoms with Gasteiger partial charge in [0.15, 0.2) is 0 Å². The maximum Gasteiger partial charge on any atom is 0.308 e. The van der Waals surface area contributed by atoms with Gasteiger partial charge < -0.3 is 10.0 Å². The molecule has 1 aromatic carbocycles. The van der Waals surface area contributed by atoms with Crippen molar-refractivity contribution in [2.75, 3.05) is 18.8 Å². The number of carboxylic acids is 1. The summed E-state index contributed by atoms with van der Waals surface area (Å²) in [4.78, 5) is 26.0. The lowest BCUT2D eigenvalue weighted by Gasteiger charge is -2.30. The van der Waals surface area contributed by atoms with Gasteiger partial charge in [-0.2, -0.15) is 0 Å². The van der Waals surface area contributed by atoms with E-state index in [2.05, 4.69) is 15.9 Å². The highest BCUT2D eigenvalue weighted by atomic mass is 79.9. The van der Waals surface area contributed by atoms with Crippen molar-refractivity contribution in [2.45, 2.75) is 24.7 Å². The Morgan fingerprint density at radius 1 is 1.48 bits per heavy atom. The zero-order chi connectivity index (χ0) is 15.4. The molecule has 0 radical (unpaired) electrons. The quantitative estimate of drug-likeness (QED) is 0.825. The molecule has 0 aliphatic carbocycles. The number of halogens is 1. The number of hydrogen-bond donors (Lipinski definition) is 1. The highest BCUT2D eigenvalue weighted by molar-refractivity contribution is 9.10. The number of rotatable bonds is 4. The van der Waals surface area contributed by atoms with Crippen molar-refractivity contribution in [2.24, 2.45) is 5.92 Å². The normalized spacial score (nSPS) is 18.6. The molecule has 1 atom stereocenters. The highest BCUT2D eigenvalue weighted by Gasteiger charge is 2.27. The lowest BCUT2D eigenvalue weighted by molar-refractivity contribution is -0.145. The zero-order valence-corrected chi connectivity index (χ0v) is 14.2. The molecule has 0 bridgehead atoms. The molecule has 1 aromatic rings. The molecule has 114 valence electrons. The number of carbonyl (C=O) groups is 2. The van der Waals surface area contributed by atoms with Crippen LogP contribution in [0.15, 0.2) is 27.6 Å². The van der Waals surface area contributed by atoms with E-state index in [-0.39, 0.29) is 5.91 Å². The van der Waals surface area contributed by atoms with E-state index >= 15 is 0 Å². The Kier molecular flexibility index (Phi) is 5.70. The van der Waals surface area contributed by atoms with E-state index in [0.717, 1.165) is 21.4 Å². The Labute approximate surface area is 137 Å². The Bertz CT molecular complexity index is 550. The number of likely N-dealkylation sites (tertiary alicyclic amines) is 1. The fraction of sp³-hybridized carbons (Fsp3) is 0.467. The number of amides is 1. The summed E-state index contributed by atoms with van der Waals surface area (Å²) in [6.07, 6.45) is 1.43. The van der Waals surface area contributed by atoms with Gasteiger partial charge >= 0.3 is 5.97 Å². The molecule has 0 spiro atoms. The smallest absolute Gasteiger partial charge is 0.308 e. The summed E-state index contributed by atoms with van der Waals surface area (Å²) in [6, 6.07) is 5.98. The van der Waals surface area contributed by atoms with E-state index in [4.69, 9.17) is 5.11 Å². The minimum atomic E-state index is -0.802. The number of carbonyl (C=O) groups excluding carboxylic acids is 1. The van der Waals surface area contributed by atoms with Gasteiger partial charge in [0.05, 0.1) is 11.7 Å². The van der Waals surface area contributed by atoms with E-state index in [1.54, 1.807) is 4.90 Å². The first-order valence-electron chi connectivity index (χ1n) is 6.87. The van der Waals surface area contributed by atoms with Crippen LogP contribution in [0, 0.1) is 12.8 Å². The van der Waals surface area contributed by atoms with Crippen molar-refractivity contribution >= 4 is 39.6 Å². The maximum atomic E-state index is 12.2. The summed E-state index contributed by atoms with van der Waals surface area (Å²) in [5.41, 5.74) is 1.13. The van der Waals surface area contributed by atoms with Crippen LogP contribution in [0.3, 0.4) is 0 Å². The average Bonchev–Trinajstić information content (AvgIpc) is 2.46. The van der Waals surface area contributed by atoms with Crippen molar-refractivity contribution in [3.05, 3.63) is 28.2 Å². The molecule has 1 saturated heterocycles. The highest BCUT2D eigenvalue weighted by Crippen LogP contribution is 2.26. The van der Waals surface area contributed by atoms with Crippen molar-refractivity contribution < 1.29 is 14.7 Å². The lowest BCUT2D eigenvalue weighted by atomic mass is 9.98. The second kappa shape index (κ2) is 7.31. The molecule has 21 heavy (non-hydrogen) atoms. The standard InChI is InChI=1S/C15H18BrNO3S/c1-10-7-12(16)4-5-13(10)21-9-14(18)17-6-2-3-11(8-17)15(19)20/h4-5,7,11H,2-3,6,8-9H2,1H3,(H,19,20)/t11-/m0/s1. The predicted octanol–water partition coefficient (Wildman–Crippen LogP) is 3.17. The summed E-state index contributed by atoms with van der Waals surface area (Å²) in [5.74, 6) is -0.839. The molecule has 1 aliphatic heterocycles. The van der Waals surface area contributed by atoms with Gasteiger partial charge in [0.1, 0.15) is 0 Å². The van der Waals surface area contributed by atoms with Crippen LogP contribution >= 0.6 is 27.7 Å². The van der Waals surface area contributed by atoms with Crippen LogP contribution in [0.5, 0.6) is 0 Å². The van der Waals surface area contributed by atoms with Crippen molar-refractivity contribution in [1.82, 2.24) is 4.90 Å². The number of aryl methyl sites for hydroxylation is 1. The Morgan fingerprint density at radius 2 is 2.24 bits per heavy atom. The van der Waals surface area contributed by atoms with E-state index in [1.165, 1.54) is 11.8 Å². The first kappa shape index (κ1) is 16.4. The Balaban J connectivity index is 1.90. The van der Waals surface area contributed by atoms with E-state index in [1.807, 2.05) is 25.1 Å². The third kappa shape index (κ3) is 4.48. The van der Waals surface area contributed by atoms with E-state index < -0.39 is 11.9 Å². The van der Waals surface area contributed by atoms with Crippen LogP contribution in [-0.4, -0.2) is 40.7 Å². The number of thioether (sulfide) groups is 1. The number of hydrogen-bond acceptors (Lipinski definition) is 3. The third-order valence-corrected chi connectivity index (χ3v) is 5.27. The Morgan fingerprint density at radius 3 is 2.90 bits per heavy atom. The van der Waals surface area contributed by atoms with Crippen LogP contribution in [0.2, 0.25) is 0 Å². The van der Waals surface area contributed by atoms with E-state index in [9.17, 15) is 9.59 Å². The van der Waals surface area contributed by atoms with Gasteiger partial charge in [0, 0.05) is 22.5 Å². The molecule has 0 aromatic heterocycles. The van der Waals surface area contributed by atoms with Gasteiger partial charge in [0.2, 0.25) is 5.91 Å². The molecule has 2 rings (SSSR count). The predicted molar refractivity (Wildman–Crippen MR) is 86.5 cm³/mol. The molecular formula is C15H18BrNO3S. The minimum absolute atomic E-state index is 0.0215. The maximum absolute atomic E-state index is 12.2. The first-order valence-corrected chi connectivity index (χ1v) is 8.65. The van der Waals surface area contributed by atoms with E-state index in [0.29, 0.717) is 25.3 Å². The number of benzene rings is 1.